The number of hydrogen-bond donors (Lipinski definition) is 1. The van der Waals surface area contributed by atoms with Crippen molar-refractivity contribution >= 4 is 5.69 Å². The Hall–Kier alpha value is -3.34. The summed E-state index contributed by atoms with van der Waals surface area (Å²) in [6.45, 7) is 0.147. The highest BCUT2D eigenvalue weighted by Crippen LogP contribution is 2.35. The number of aromatic nitrogens is 2. The van der Waals surface area contributed by atoms with E-state index in [1.165, 1.54) is 6.07 Å². The normalized spacial score (nSPS) is 11.2. The molecule has 0 unspecified atom stereocenters. The van der Waals surface area contributed by atoms with E-state index in [1.54, 1.807) is 0 Å². The van der Waals surface area contributed by atoms with E-state index in [9.17, 15) is 13.2 Å². The number of hydrogen-bond acceptors (Lipinski definition) is 5. The molecule has 0 aliphatic carbocycles. The Labute approximate surface area is 147 Å². The minimum atomic E-state index is -4.51. The van der Waals surface area contributed by atoms with Crippen molar-refractivity contribution in [3.8, 4) is 17.5 Å². The quantitative estimate of drug-likeness (QED) is 0.737. The first-order valence-corrected chi connectivity index (χ1v) is 7.70. The molecule has 0 atom stereocenters. The standard InChI is InChI=1S/C18H13F3N4O/c19-18(20,21)14-7-6-12(11-22)10-15(14)23-9-8-16-24-25-17(26-16)13-4-2-1-3-5-13/h1-7,10,23H,8-9H2. The van der Waals surface area contributed by atoms with Crippen LogP contribution in [0.2, 0.25) is 0 Å². The molecule has 0 saturated carbocycles. The maximum atomic E-state index is 13.1. The lowest BCUT2D eigenvalue weighted by atomic mass is 10.1. The summed E-state index contributed by atoms with van der Waals surface area (Å²) in [6, 6.07) is 14.2. The second-order valence-corrected chi connectivity index (χ2v) is 5.41. The first-order chi connectivity index (χ1) is 12.5. The summed E-state index contributed by atoms with van der Waals surface area (Å²) in [5.74, 6) is 0.657. The summed E-state index contributed by atoms with van der Waals surface area (Å²) in [5.41, 5.74) is -0.0729. The van der Waals surface area contributed by atoms with E-state index in [1.807, 2.05) is 36.4 Å². The van der Waals surface area contributed by atoms with Gasteiger partial charge in [0.2, 0.25) is 11.8 Å². The molecular weight excluding hydrogens is 345 g/mol. The van der Waals surface area contributed by atoms with Crippen molar-refractivity contribution < 1.29 is 17.6 Å². The van der Waals surface area contributed by atoms with Gasteiger partial charge in [-0.1, -0.05) is 18.2 Å². The van der Waals surface area contributed by atoms with Crippen molar-refractivity contribution in [3.05, 3.63) is 65.5 Å². The first kappa shape index (κ1) is 17.5. The highest BCUT2D eigenvalue weighted by Gasteiger charge is 2.33. The van der Waals surface area contributed by atoms with Gasteiger partial charge in [0.1, 0.15) is 0 Å². The molecule has 0 bridgehead atoms. The van der Waals surface area contributed by atoms with Crippen LogP contribution in [0.3, 0.4) is 0 Å². The molecule has 1 N–H and O–H groups in total. The molecule has 132 valence electrons. The van der Waals surface area contributed by atoms with Gasteiger partial charge in [0.25, 0.3) is 0 Å². The highest BCUT2D eigenvalue weighted by atomic mass is 19.4. The van der Waals surface area contributed by atoms with Gasteiger partial charge in [-0.2, -0.15) is 18.4 Å². The minimum absolute atomic E-state index is 0.143. The van der Waals surface area contributed by atoms with Crippen molar-refractivity contribution in [1.29, 1.82) is 5.26 Å². The number of benzene rings is 2. The Morgan fingerprint density at radius 3 is 2.54 bits per heavy atom. The monoisotopic (exact) mass is 358 g/mol. The lowest BCUT2D eigenvalue weighted by molar-refractivity contribution is -0.136. The fourth-order valence-corrected chi connectivity index (χ4v) is 2.36. The van der Waals surface area contributed by atoms with Crippen LogP contribution in [-0.2, 0) is 12.6 Å². The molecule has 2 aromatic carbocycles. The minimum Gasteiger partial charge on any atom is -0.421 e. The van der Waals surface area contributed by atoms with Crippen LogP contribution in [0.1, 0.15) is 17.0 Å². The molecular formula is C18H13F3N4O. The van der Waals surface area contributed by atoms with Crippen LogP contribution in [0.5, 0.6) is 0 Å². The summed E-state index contributed by atoms with van der Waals surface area (Å²) < 4.78 is 44.7. The third kappa shape index (κ3) is 4.00. The van der Waals surface area contributed by atoms with Gasteiger partial charge in [-0.3, -0.25) is 0 Å². The smallest absolute Gasteiger partial charge is 0.418 e. The van der Waals surface area contributed by atoms with Gasteiger partial charge >= 0.3 is 6.18 Å². The second kappa shape index (κ2) is 7.27. The largest absolute Gasteiger partial charge is 0.421 e. The van der Waals surface area contributed by atoms with Gasteiger partial charge in [-0.15, -0.1) is 10.2 Å². The third-order valence-electron chi connectivity index (χ3n) is 3.60. The van der Waals surface area contributed by atoms with Gasteiger partial charge < -0.3 is 9.73 Å². The van der Waals surface area contributed by atoms with E-state index in [2.05, 4.69) is 15.5 Å². The average molecular weight is 358 g/mol. The summed E-state index contributed by atoms with van der Waals surface area (Å²) in [5, 5.41) is 19.4. The van der Waals surface area contributed by atoms with Crippen molar-refractivity contribution in [1.82, 2.24) is 10.2 Å². The van der Waals surface area contributed by atoms with E-state index in [0.29, 0.717) is 11.8 Å². The number of nitriles is 1. The Morgan fingerprint density at radius 1 is 1.08 bits per heavy atom. The maximum absolute atomic E-state index is 13.1. The molecule has 0 aliphatic heterocycles. The molecule has 3 aromatic rings. The van der Waals surface area contributed by atoms with Crippen LogP contribution < -0.4 is 5.32 Å². The summed E-state index contributed by atoms with van der Waals surface area (Å²) in [4.78, 5) is 0. The van der Waals surface area contributed by atoms with Crippen LogP contribution in [0.15, 0.2) is 52.9 Å². The van der Waals surface area contributed by atoms with Gasteiger partial charge in [0.15, 0.2) is 0 Å². The number of nitrogens with zero attached hydrogens (tertiary/aromatic N) is 3. The zero-order chi connectivity index (χ0) is 18.6. The fraction of sp³-hybridized carbons (Fsp3) is 0.167. The summed E-state index contributed by atoms with van der Waals surface area (Å²) in [6.07, 6.45) is -4.27. The zero-order valence-electron chi connectivity index (χ0n) is 13.4. The third-order valence-corrected chi connectivity index (χ3v) is 3.60. The lowest BCUT2D eigenvalue weighted by Crippen LogP contribution is -2.13. The topological polar surface area (TPSA) is 74.7 Å². The van der Waals surface area contributed by atoms with Gasteiger partial charge in [0.05, 0.1) is 17.2 Å². The molecule has 0 saturated heterocycles. The van der Waals surface area contributed by atoms with Crippen LogP contribution in [0.25, 0.3) is 11.5 Å². The van der Waals surface area contributed by atoms with Crippen LogP contribution in [-0.4, -0.2) is 16.7 Å². The molecule has 0 amide bonds. The van der Waals surface area contributed by atoms with Crippen LogP contribution >= 0.6 is 0 Å². The molecule has 3 rings (SSSR count). The average Bonchev–Trinajstić information content (AvgIpc) is 3.10. The fourth-order valence-electron chi connectivity index (χ4n) is 2.36. The van der Waals surface area contributed by atoms with E-state index in [0.717, 1.165) is 17.7 Å². The first-order valence-electron chi connectivity index (χ1n) is 7.70. The SMILES string of the molecule is N#Cc1ccc(C(F)(F)F)c(NCCc2nnc(-c3ccccc3)o2)c1. The molecule has 1 aromatic heterocycles. The van der Waals surface area contributed by atoms with Gasteiger partial charge in [0, 0.05) is 24.2 Å². The Kier molecular flexibility index (Phi) is 4.89. The van der Waals surface area contributed by atoms with Crippen LogP contribution in [0.4, 0.5) is 18.9 Å². The number of rotatable bonds is 5. The van der Waals surface area contributed by atoms with Crippen LogP contribution in [0, 0.1) is 11.3 Å². The molecule has 0 radical (unpaired) electrons. The summed E-state index contributed by atoms with van der Waals surface area (Å²) in [7, 11) is 0. The van der Waals surface area contributed by atoms with Crippen molar-refractivity contribution in [2.45, 2.75) is 12.6 Å². The molecule has 5 nitrogen and oxygen atoms in total. The van der Waals surface area contributed by atoms with E-state index < -0.39 is 11.7 Å². The van der Waals surface area contributed by atoms with E-state index in [-0.39, 0.29) is 24.2 Å². The van der Waals surface area contributed by atoms with Crippen molar-refractivity contribution in [2.24, 2.45) is 0 Å². The van der Waals surface area contributed by atoms with Gasteiger partial charge in [-0.05, 0) is 30.3 Å². The lowest BCUT2D eigenvalue weighted by Gasteiger charge is -2.14. The number of anilines is 1. The zero-order valence-corrected chi connectivity index (χ0v) is 13.4. The predicted octanol–water partition coefficient (Wildman–Crippen LogP) is 4.28. The number of alkyl halides is 3. The van der Waals surface area contributed by atoms with Crippen molar-refractivity contribution in [2.75, 3.05) is 11.9 Å². The second-order valence-electron chi connectivity index (χ2n) is 5.41. The maximum Gasteiger partial charge on any atom is 0.418 e. The molecule has 0 spiro atoms. The Bertz CT molecular complexity index is 930. The van der Waals surface area contributed by atoms with Gasteiger partial charge in [-0.25, -0.2) is 0 Å². The Balaban J connectivity index is 1.69. The summed E-state index contributed by atoms with van der Waals surface area (Å²) >= 11 is 0. The Morgan fingerprint density at radius 2 is 1.85 bits per heavy atom. The van der Waals surface area contributed by atoms with E-state index >= 15 is 0 Å². The molecule has 0 aliphatic rings. The molecule has 0 fully saturated rings. The molecule has 1 heterocycles. The molecule has 26 heavy (non-hydrogen) atoms. The molecule has 8 heteroatoms. The van der Waals surface area contributed by atoms with Crippen molar-refractivity contribution in [3.63, 3.8) is 0 Å². The predicted molar refractivity (Wildman–Crippen MR) is 88.1 cm³/mol. The van der Waals surface area contributed by atoms with E-state index in [4.69, 9.17) is 9.68 Å². The number of nitrogens with one attached hydrogen (secondary N) is 1. The number of halogens is 3. The highest BCUT2D eigenvalue weighted by molar-refractivity contribution is 5.57.